The van der Waals surface area contributed by atoms with E-state index in [0.29, 0.717) is 43.3 Å². The molecule has 2 atom stereocenters. The average Bonchev–Trinajstić information content (AvgIpc) is 3.55. The Bertz CT molecular complexity index is 1290. The second-order valence-corrected chi connectivity index (χ2v) is 10.1. The summed E-state index contributed by atoms with van der Waals surface area (Å²) in [6.07, 6.45) is 4.66. The minimum absolute atomic E-state index is 0. The number of piperazine rings is 1. The van der Waals surface area contributed by atoms with Gasteiger partial charge in [0.2, 0.25) is 0 Å². The van der Waals surface area contributed by atoms with Gasteiger partial charge < -0.3 is 19.4 Å². The van der Waals surface area contributed by atoms with Crippen LogP contribution in [0.5, 0.6) is 0 Å². The lowest BCUT2D eigenvalue weighted by Gasteiger charge is -2.40. The van der Waals surface area contributed by atoms with E-state index in [2.05, 4.69) is 21.9 Å². The summed E-state index contributed by atoms with van der Waals surface area (Å²) in [5.41, 5.74) is 2.90. The number of amides is 1. The Morgan fingerprint density at radius 2 is 2.08 bits per heavy atom. The summed E-state index contributed by atoms with van der Waals surface area (Å²) in [7, 11) is 0. The maximum Gasteiger partial charge on any atom is 0.259 e. The van der Waals surface area contributed by atoms with Gasteiger partial charge in [0.1, 0.15) is 0 Å². The monoisotopic (exact) mass is 511 g/mol. The number of benzene rings is 1. The van der Waals surface area contributed by atoms with Crippen LogP contribution in [0.3, 0.4) is 0 Å². The number of hydrogen-bond acceptors (Lipinski definition) is 6. The predicted octanol–water partition coefficient (Wildman–Crippen LogP) is 3.75. The van der Waals surface area contributed by atoms with E-state index in [1.54, 1.807) is 6.20 Å². The van der Waals surface area contributed by atoms with E-state index in [9.17, 15) is 9.59 Å². The molecule has 1 amide bonds. The van der Waals surface area contributed by atoms with Crippen molar-refractivity contribution in [2.24, 2.45) is 0 Å². The van der Waals surface area contributed by atoms with Gasteiger partial charge in [-0.05, 0) is 64.3 Å². The minimum Gasteiger partial charge on any atom is -0.382 e. The first kappa shape index (κ1) is 27.3. The minimum atomic E-state index is -0.160. The third kappa shape index (κ3) is 5.44. The molecular formula is C28H41N5O4. The molecule has 0 saturated carbocycles. The lowest BCUT2D eigenvalue weighted by atomic mass is 10.0. The van der Waals surface area contributed by atoms with Crippen molar-refractivity contribution in [2.75, 3.05) is 52.6 Å². The predicted molar refractivity (Wildman–Crippen MR) is 146 cm³/mol. The SMILES string of the molecule is C.CCOCCCCN1CCN(C(=O)c2cc3c(cc2C)[nH]c(=O)c2cnn([C@H]4CCOC4)c23)C[C@@H]1C. The fourth-order valence-corrected chi connectivity index (χ4v) is 5.56. The number of aryl methyl sites for hydroxylation is 1. The molecule has 4 heterocycles. The summed E-state index contributed by atoms with van der Waals surface area (Å²) in [6.45, 7) is 12.3. The third-order valence-corrected chi connectivity index (χ3v) is 7.63. The molecule has 0 unspecified atom stereocenters. The van der Waals surface area contributed by atoms with Crippen LogP contribution in [0.25, 0.3) is 21.8 Å². The zero-order chi connectivity index (χ0) is 25.2. The van der Waals surface area contributed by atoms with Gasteiger partial charge in [0.25, 0.3) is 11.5 Å². The number of carbonyl (C=O) groups excluding carboxylic acids is 1. The molecule has 0 bridgehead atoms. The molecule has 0 aliphatic carbocycles. The second kappa shape index (κ2) is 11.8. The van der Waals surface area contributed by atoms with E-state index in [1.165, 1.54) is 0 Å². The largest absolute Gasteiger partial charge is 0.382 e. The highest BCUT2D eigenvalue weighted by Crippen LogP contribution is 2.29. The molecule has 5 rings (SSSR count). The van der Waals surface area contributed by atoms with Crippen molar-refractivity contribution in [1.29, 1.82) is 0 Å². The van der Waals surface area contributed by atoms with Crippen molar-refractivity contribution < 1.29 is 14.3 Å². The zero-order valence-electron chi connectivity index (χ0n) is 21.6. The van der Waals surface area contributed by atoms with Crippen molar-refractivity contribution in [3.8, 4) is 0 Å². The highest BCUT2D eigenvalue weighted by molar-refractivity contribution is 6.07. The van der Waals surface area contributed by atoms with E-state index >= 15 is 0 Å². The lowest BCUT2D eigenvalue weighted by Crippen LogP contribution is -2.53. The van der Waals surface area contributed by atoms with Gasteiger partial charge in [-0.3, -0.25) is 19.2 Å². The molecule has 2 aliphatic heterocycles. The highest BCUT2D eigenvalue weighted by atomic mass is 16.5. The van der Waals surface area contributed by atoms with E-state index in [1.807, 2.05) is 35.6 Å². The smallest absolute Gasteiger partial charge is 0.259 e. The number of fused-ring (bicyclic) bond motifs is 3. The number of rotatable bonds is 8. The normalized spacial score (nSPS) is 20.6. The van der Waals surface area contributed by atoms with Crippen LogP contribution in [0, 0.1) is 6.92 Å². The summed E-state index contributed by atoms with van der Waals surface area (Å²) in [4.78, 5) is 33.9. The molecule has 9 heteroatoms. The Hall–Kier alpha value is -2.75. The van der Waals surface area contributed by atoms with Crippen molar-refractivity contribution in [1.82, 2.24) is 24.6 Å². The number of unbranched alkanes of at least 4 members (excludes halogenated alkanes) is 1. The molecule has 9 nitrogen and oxygen atoms in total. The highest BCUT2D eigenvalue weighted by Gasteiger charge is 2.29. The summed E-state index contributed by atoms with van der Waals surface area (Å²) in [5.74, 6) is 0.0480. The van der Waals surface area contributed by atoms with Gasteiger partial charge in [-0.1, -0.05) is 7.43 Å². The van der Waals surface area contributed by atoms with E-state index < -0.39 is 0 Å². The molecule has 0 radical (unpaired) electrons. The van der Waals surface area contributed by atoms with Gasteiger partial charge >= 0.3 is 0 Å². The topological polar surface area (TPSA) is 92.7 Å². The maximum absolute atomic E-state index is 13.7. The standard InChI is InChI=1S/C27H37N5O4.CH4/c1-4-35-11-6-5-8-30-9-10-31(16-19(30)3)27(34)21-14-22-24(13-18(21)2)29-26(33)23-15-28-32(25(22)23)20-7-12-36-17-20;/h13-15,19-20H,4-12,16-17H2,1-3H3,(H,29,33);1H4/t19-,20-;/m0./s1. The molecule has 0 spiro atoms. The quantitative estimate of drug-likeness (QED) is 0.463. The molecular weight excluding hydrogens is 470 g/mol. The maximum atomic E-state index is 13.7. The molecule has 202 valence electrons. The van der Waals surface area contributed by atoms with Crippen LogP contribution in [0.15, 0.2) is 23.1 Å². The number of hydrogen-bond donors (Lipinski definition) is 1. The van der Waals surface area contributed by atoms with Gasteiger partial charge in [-0.25, -0.2) is 0 Å². The van der Waals surface area contributed by atoms with Gasteiger partial charge in [-0.2, -0.15) is 5.10 Å². The van der Waals surface area contributed by atoms with Gasteiger partial charge in [-0.15, -0.1) is 0 Å². The van der Waals surface area contributed by atoms with Gasteiger partial charge in [0.15, 0.2) is 0 Å². The van der Waals surface area contributed by atoms with Crippen LogP contribution in [0.4, 0.5) is 0 Å². The molecule has 2 fully saturated rings. The Morgan fingerprint density at radius 1 is 1.24 bits per heavy atom. The average molecular weight is 512 g/mol. The first-order valence-electron chi connectivity index (χ1n) is 13.2. The van der Waals surface area contributed by atoms with Crippen LogP contribution >= 0.6 is 0 Å². The molecule has 2 aliphatic rings. The molecule has 37 heavy (non-hydrogen) atoms. The van der Waals surface area contributed by atoms with Crippen molar-refractivity contribution in [3.63, 3.8) is 0 Å². The lowest BCUT2D eigenvalue weighted by molar-refractivity contribution is 0.0502. The third-order valence-electron chi connectivity index (χ3n) is 7.63. The number of nitrogens with zero attached hydrogens (tertiary/aromatic N) is 4. The Morgan fingerprint density at radius 3 is 2.81 bits per heavy atom. The van der Waals surface area contributed by atoms with Crippen LogP contribution in [-0.2, 0) is 9.47 Å². The van der Waals surface area contributed by atoms with Crippen molar-refractivity contribution in [2.45, 2.75) is 59.5 Å². The van der Waals surface area contributed by atoms with Crippen LogP contribution < -0.4 is 5.56 Å². The Kier molecular flexibility index (Phi) is 8.67. The van der Waals surface area contributed by atoms with E-state index in [4.69, 9.17) is 9.47 Å². The first-order chi connectivity index (χ1) is 17.5. The molecule has 2 saturated heterocycles. The number of carbonyl (C=O) groups is 1. The van der Waals surface area contributed by atoms with Crippen LogP contribution in [0.1, 0.15) is 62.5 Å². The molecule has 2 aromatic heterocycles. The Labute approximate surface area is 218 Å². The number of nitrogens with one attached hydrogen (secondary N) is 1. The van der Waals surface area contributed by atoms with Crippen LogP contribution in [-0.4, -0.2) is 89.1 Å². The van der Waals surface area contributed by atoms with Gasteiger partial charge in [0, 0.05) is 56.4 Å². The molecule has 1 aromatic carbocycles. The molecule has 1 N–H and O–H groups in total. The fourth-order valence-electron chi connectivity index (χ4n) is 5.56. The zero-order valence-corrected chi connectivity index (χ0v) is 21.6. The van der Waals surface area contributed by atoms with Crippen molar-refractivity contribution in [3.05, 3.63) is 39.8 Å². The summed E-state index contributed by atoms with van der Waals surface area (Å²) < 4.78 is 12.9. The van der Waals surface area contributed by atoms with Gasteiger partial charge in [0.05, 0.1) is 35.3 Å². The first-order valence-corrected chi connectivity index (χ1v) is 13.2. The fraction of sp³-hybridized carbons (Fsp3) is 0.607. The summed E-state index contributed by atoms with van der Waals surface area (Å²) in [5, 5.41) is 5.94. The van der Waals surface area contributed by atoms with E-state index in [-0.39, 0.29) is 24.9 Å². The summed E-state index contributed by atoms with van der Waals surface area (Å²) >= 11 is 0. The van der Waals surface area contributed by atoms with Crippen molar-refractivity contribution >= 4 is 27.7 Å². The number of H-pyrrole nitrogens is 1. The number of aromatic nitrogens is 3. The second-order valence-electron chi connectivity index (χ2n) is 10.1. The van der Waals surface area contributed by atoms with E-state index in [0.717, 1.165) is 67.5 Å². The Balaban J connectivity index is 0.00000320. The number of ether oxygens (including phenoxy) is 2. The van der Waals surface area contributed by atoms with Crippen LogP contribution in [0.2, 0.25) is 0 Å². The molecule has 3 aromatic rings. The number of pyridine rings is 1. The summed E-state index contributed by atoms with van der Waals surface area (Å²) in [6, 6.07) is 4.27. The number of aromatic amines is 1.